The number of rotatable bonds is 15. The van der Waals surface area contributed by atoms with Crippen molar-refractivity contribution in [3.63, 3.8) is 0 Å². The van der Waals surface area contributed by atoms with Gasteiger partial charge in [0.25, 0.3) is 0 Å². The number of carbonyl (C=O) groups excluding carboxylic acids is 2. The number of esters is 1. The van der Waals surface area contributed by atoms with Crippen LogP contribution in [0.3, 0.4) is 0 Å². The van der Waals surface area contributed by atoms with Crippen LogP contribution in [0.2, 0.25) is 0 Å². The van der Waals surface area contributed by atoms with Crippen molar-refractivity contribution >= 4 is 18.0 Å². The van der Waals surface area contributed by atoms with Gasteiger partial charge in [0.1, 0.15) is 12.6 Å². The lowest BCUT2D eigenvalue weighted by atomic mass is 9.98. The molecule has 7 nitrogen and oxygen atoms in total. The van der Waals surface area contributed by atoms with Crippen LogP contribution in [0, 0.1) is 11.8 Å². The van der Waals surface area contributed by atoms with E-state index in [0.717, 1.165) is 27.8 Å². The van der Waals surface area contributed by atoms with Crippen LogP contribution >= 0.6 is 0 Å². The first kappa shape index (κ1) is 33.0. The summed E-state index contributed by atoms with van der Waals surface area (Å²) in [6, 6.07) is 35.3. The Morgan fingerprint density at radius 2 is 1.27 bits per heavy atom. The Hall–Kier alpha value is -4.91. The van der Waals surface area contributed by atoms with Crippen LogP contribution < -0.4 is 5.32 Å². The fraction of sp³-hybridized carbons (Fsp3) is 0.289. The zero-order valence-corrected chi connectivity index (χ0v) is 26.0. The van der Waals surface area contributed by atoms with Gasteiger partial charge in [-0.15, -0.1) is 0 Å². The standard InChI is InChI=1S/C38H42N2O5/c1-28(2)25-40(26-34(23-18-29-12-6-3-7-13-29)37(43)45-27-31-14-8-4-9-15-31)38(44)39-35(36(41)42)24-30-19-21-33(22-20-30)32-16-10-5-11-17-32/h3-17,19-22,28,34-35H,18,23-27H2,1-2H3,(H,39,44)(H,41,42)/t34?,35-/m0/s1. The summed E-state index contributed by atoms with van der Waals surface area (Å²) >= 11 is 0. The molecule has 0 aromatic heterocycles. The van der Waals surface area contributed by atoms with E-state index >= 15 is 0 Å². The van der Waals surface area contributed by atoms with Gasteiger partial charge in [0.2, 0.25) is 0 Å². The van der Waals surface area contributed by atoms with Crippen LogP contribution in [-0.2, 0) is 33.8 Å². The number of ether oxygens (including phenoxy) is 1. The summed E-state index contributed by atoms with van der Waals surface area (Å²) < 4.78 is 5.71. The molecule has 1 unspecified atom stereocenters. The number of benzene rings is 4. The van der Waals surface area contributed by atoms with Crippen molar-refractivity contribution in [2.75, 3.05) is 13.1 Å². The van der Waals surface area contributed by atoms with E-state index in [2.05, 4.69) is 5.32 Å². The molecule has 45 heavy (non-hydrogen) atoms. The molecule has 0 radical (unpaired) electrons. The Morgan fingerprint density at radius 3 is 1.84 bits per heavy atom. The maximum atomic E-state index is 13.6. The summed E-state index contributed by atoms with van der Waals surface area (Å²) in [4.78, 5) is 40.9. The highest BCUT2D eigenvalue weighted by atomic mass is 16.5. The van der Waals surface area contributed by atoms with Crippen LogP contribution in [0.1, 0.15) is 37.0 Å². The van der Waals surface area contributed by atoms with E-state index in [9.17, 15) is 19.5 Å². The van der Waals surface area contributed by atoms with Crippen molar-refractivity contribution in [1.82, 2.24) is 10.2 Å². The molecule has 0 aliphatic rings. The van der Waals surface area contributed by atoms with Gasteiger partial charge < -0.3 is 20.1 Å². The number of nitrogens with zero attached hydrogens (tertiary/aromatic N) is 1. The topological polar surface area (TPSA) is 95.9 Å². The van der Waals surface area contributed by atoms with Gasteiger partial charge in [-0.3, -0.25) is 4.79 Å². The van der Waals surface area contributed by atoms with E-state index < -0.39 is 24.0 Å². The van der Waals surface area contributed by atoms with Crippen molar-refractivity contribution in [3.05, 3.63) is 132 Å². The molecule has 0 aliphatic carbocycles. The highest BCUT2D eigenvalue weighted by Gasteiger charge is 2.29. The normalized spacial score (nSPS) is 12.2. The smallest absolute Gasteiger partial charge is 0.326 e. The molecule has 0 heterocycles. The number of hydrogen-bond acceptors (Lipinski definition) is 4. The minimum Gasteiger partial charge on any atom is -0.480 e. The van der Waals surface area contributed by atoms with Crippen LogP contribution in [0.25, 0.3) is 11.1 Å². The average Bonchev–Trinajstić information content (AvgIpc) is 3.06. The summed E-state index contributed by atoms with van der Waals surface area (Å²) in [5.41, 5.74) is 4.86. The summed E-state index contributed by atoms with van der Waals surface area (Å²) in [6.45, 7) is 4.58. The Bertz CT molecular complexity index is 1490. The second kappa shape index (κ2) is 16.8. The van der Waals surface area contributed by atoms with Crippen molar-refractivity contribution < 1.29 is 24.2 Å². The third kappa shape index (κ3) is 10.6. The van der Waals surface area contributed by atoms with Crippen molar-refractivity contribution in [2.45, 2.75) is 45.8 Å². The Kier molecular flexibility index (Phi) is 12.3. The third-order valence-electron chi connectivity index (χ3n) is 7.59. The van der Waals surface area contributed by atoms with E-state index in [1.807, 2.05) is 129 Å². The van der Waals surface area contributed by atoms with E-state index in [4.69, 9.17) is 4.74 Å². The second-order valence-corrected chi connectivity index (χ2v) is 11.7. The van der Waals surface area contributed by atoms with Crippen LogP contribution in [0.15, 0.2) is 115 Å². The van der Waals surface area contributed by atoms with Crippen LogP contribution in [0.4, 0.5) is 4.79 Å². The average molecular weight is 607 g/mol. The SMILES string of the molecule is CC(C)CN(CC(CCc1ccccc1)C(=O)OCc1ccccc1)C(=O)N[C@@H](Cc1ccc(-c2ccccc2)cc1)C(=O)O. The van der Waals surface area contributed by atoms with E-state index in [1.165, 1.54) is 0 Å². The predicted octanol–water partition coefficient (Wildman–Crippen LogP) is 7.01. The number of carbonyl (C=O) groups is 3. The first-order valence-corrected chi connectivity index (χ1v) is 15.5. The lowest BCUT2D eigenvalue weighted by molar-refractivity contribution is -0.150. The Morgan fingerprint density at radius 1 is 0.711 bits per heavy atom. The molecular weight excluding hydrogens is 564 g/mol. The number of carboxylic acid groups (broad SMARTS) is 1. The summed E-state index contributed by atoms with van der Waals surface area (Å²) in [5, 5.41) is 12.8. The van der Waals surface area contributed by atoms with Gasteiger partial charge in [-0.2, -0.15) is 0 Å². The summed E-state index contributed by atoms with van der Waals surface area (Å²) in [5.74, 6) is -2.00. The quantitative estimate of drug-likeness (QED) is 0.142. The number of amides is 2. The second-order valence-electron chi connectivity index (χ2n) is 11.7. The minimum atomic E-state index is -1.14. The van der Waals surface area contributed by atoms with E-state index in [-0.39, 0.29) is 31.5 Å². The molecule has 2 amide bonds. The van der Waals surface area contributed by atoms with Gasteiger partial charge in [-0.25, -0.2) is 9.59 Å². The van der Waals surface area contributed by atoms with Crippen molar-refractivity contribution in [2.24, 2.45) is 11.8 Å². The molecule has 2 atom stereocenters. The monoisotopic (exact) mass is 606 g/mol. The lowest BCUT2D eigenvalue weighted by Crippen LogP contribution is -2.51. The highest BCUT2D eigenvalue weighted by molar-refractivity contribution is 5.83. The van der Waals surface area contributed by atoms with Crippen molar-refractivity contribution in [1.29, 1.82) is 0 Å². The number of carboxylic acids is 1. The number of aryl methyl sites for hydroxylation is 1. The number of nitrogens with one attached hydrogen (secondary N) is 1. The molecule has 0 aliphatic heterocycles. The molecule has 4 aromatic carbocycles. The predicted molar refractivity (Wildman–Crippen MR) is 176 cm³/mol. The van der Waals surface area contributed by atoms with E-state index in [1.54, 1.807) is 4.90 Å². The van der Waals surface area contributed by atoms with Gasteiger partial charge in [-0.05, 0) is 46.6 Å². The largest absolute Gasteiger partial charge is 0.480 e. The minimum absolute atomic E-state index is 0.0969. The van der Waals surface area contributed by atoms with Gasteiger partial charge in [0, 0.05) is 19.5 Å². The molecule has 7 heteroatoms. The summed E-state index contributed by atoms with van der Waals surface area (Å²) in [6.07, 6.45) is 1.25. The lowest BCUT2D eigenvalue weighted by Gasteiger charge is -2.30. The van der Waals surface area contributed by atoms with Gasteiger partial charge in [0.15, 0.2) is 0 Å². The zero-order valence-electron chi connectivity index (χ0n) is 26.0. The molecule has 0 saturated heterocycles. The molecule has 0 saturated carbocycles. The van der Waals surface area contributed by atoms with E-state index in [0.29, 0.717) is 19.4 Å². The van der Waals surface area contributed by atoms with Crippen molar-refractivity contribution in [3.8, 4) is 11.1 Å². The first-order valence-electron chi connectivity index (χ1n) is 15.5. The maximum Gasteiger partial charge on any atom is 0.326 e. The fourth-order valence-corrected chi connectivity index (χ4v) is 5.20. The molecule has 234 valence electrons. The number of urea groups is 1. The third-order valence-corrected chi connectivity index (χ3v) is 7.59. The zero-order chi connectivity index (χ0) is 32.0. The molecular formula is C38H42N2O5. The highest BCUT2D eigenvalue weighted by Crippen LogP contribution is 2.20. The van der Waals surface area contributed by atoms with Gasteiger partial charge in [-0.1, -0.05) is 129 Å². The Labute approximate surface area is 265 Å². The molecule has 2 N–H and O–H groups in total. The number of aliphatic carboxylic acids is 1. The summed E-state index contributed by atoms with van der Waals surface area (Å²) in [7, 11) is 0. The Balaban J connectivity index is 1.46. The van der Waals surface area contributed by atoms with Gasteiger partial charge >= 0.3 is 18.0 Å². The first-order chi connectivity index (χ1) is 21.8. The van der Waals surface area contributed by atoms with Crippen LogP contribution in [0.5, 0.6) is 0 Å². The van der Waals surface area contributed by atoms with Crippen LogP contribution in [-0.4, -0.2) is 47.1 Å². The maximum absolute atomic E-state index is 13.6. The molecule has 4 aromatic rings. The molecule has 0 spiro atoms. The molecule has 0 bridgehead atoms. The number of hydrogen-bond donors (Lipinski definition) is 2. The molecule has 4 rings (SSSR count). The molecule has 0 fully saturated rings. The fourth-order valence-electron chi connectivity index (χ4n) is 5.20. The van der Waals surface area contributed by atoms with Gasteiger partial charge in [0.05, 0.1) is 5.92 Å².